The average molecular weight is 296 g/mol. The lowest BCUT2D eigenvalue weighted by Gasteiger charge is -2.15. The quantitative estimate of drug-likeness (QED) is 0.604. The first-order chi connectivity index (χ1) is 10.6. The summed E-state index contributed by atoms with van der Waals surface area (Å²) in [6.45, 7) is 3.39. The van der Waals surface area contributed by atoms with Crippen LogP contribution in [0.15, 0.2) is 54.6 Å². The van der Waals surface area contributed by atoms with E-state index in [0.29, 0.717) is 12.0 Å². The minimum atomic E-state index is -0.267. The summed E-state index contributed by atoms with van der Waals surface area (Å²) >= 11 is 0. The lowest BCUT2D eigenvalue weighted by Crippen LogP contribution is -2.19. The number of Topliss-reactive ketones (excluding diaryl/α,β-unsaturated/α-hetero) is 1. The Morgan fingerprint density at radius 1 is 1.00 bits per heavy atom. The number of hydrogen-bond acceptors (Lipinski definition) is 3. The van der Waals surface area contributed by atoms with Crippen LogP contribution in [0.2, 0.25) is 0 Å². The molecule has 0 saturated heterocycles. The van der Waals surface area contributed by atoms with Gasteiger partial charge in [0.1, 0.15) is 6.10 Å². The lowest BCUT2D eigenvalue weighted by atomic mass is 9.99. The van der Waals surface area contributed by atoms with Crippen LogP contribution >= 0.6 is 0 Å². The van der Waals surface area contributed by atoms with Gasteiger partial charge in [0.05, 0.1) is 6.42 Å². The monoisotopic (exact) mass is 296 g/mol. The molecule has 2 rings (SSSR count). The Morgan fingerprint density at radius 3 is 2.32 bits per heavy atom. The van der Waals surface area contributed by atoms with Gasteiger partial charge >= 0.3 is 5.97 Å². The normalized spacial score (nSPS) is 11.7. The number of rotatable bonds is 6. The van der Waals surface area contributed by atoms with Crippen LogP contribution in [0.1, 0.15) is 35.3 Å². The van der Waals surface area contributed by atoms with Crippen LogP contribution in [0.5, 0.6) is 0 Å². The molecule has 0 aliphatic rings. The summed E-state index contributed by atoms with van der Waals surface area (Å²) < 4.78 is 5.44. The summed E-state index contributed by atoms with van der Waals surface area (Å²) in [7, 11) is 0. The smallest absolute Gasteiger partial charge is 0.310 e. The molecule has 2 aromatic carbocycles. The molecule has 0 amide bonds. The highest BCUT2D eigenvalue weighted by atomic mass is 16.5. The van der Waals surface area contributed by atoms with Crippen molar-refractivity contribution in [1.29, 1.82) is 0 Å². The van der Waals surface area contributed by atoms with Crippen LogP contribution < -0.4 is 0 Å². The minimum absolute atomic E-state index is 0.0263. The highest BCUT2D eigenvalue weighted by molar-refractivity contribution is 5.95. The van der Waals surface area contributed by atoms with E-state index >= 15 is 0 Å². The average Bonchev–Trinajstić information content (AvgIpc) is 2.48. The van der Waals surface area contributed by atoms with E-state index in [-0.39, 0.29) is 24.3 Å². The first-order valence-corrected chi connectivity index (χ1v) is 7.38. The third-order valence-corrected chi connectivity index (χ3v) is 3.43. The number of benzene rings is 2. The standard InChI is InChI=1S/C19H20O3/c1-14(12-17-10-6-7-11-18(17)15(2)20)22-19(21)13-16-8-4-3-5-9-16/h3-11,14H,12-13H2,1-2H3. The first kappa shape index (κ1) is 16.0. The van der Waals surface area contributed by atoms with Crippen molar-refractivity contribution in [1.82, 2.24) is 0 Å². The largest absolute Gasteiger partial charge is 0.462 e. The Hall–Kier alpha value is -2.42. The molecule has 0 saturated carbocycles. The highest BCUT2D eigenvalue weighted by Crippen LogP contribution is 2.14. The van der Waals surface area contributed by atoms with E-state index in [9.17, 15) is 9.59 Å². The SMILES string of the molecule is CC(=O)c1ccccc1CC(C)OC(=O)Cc1ccccc1. The topological polar surface area (TPSA) is 43.4 Å². The highest BCUT2D eigenvalue weighted by Gasteiger charge is 2.14. The minimum Gasteiger partial charge on any atom is -0.462 e. The van der Waals surface area contributed by atoms with Gasteiger partial charge in [0.25, 0.3) is 0 Å². The third-order valence-electron chi connectivity index (χ3n) is 3.43. The maximum atomic E-state index is 11.9. The number of ketones is 1. The van der Waals surface area contributed by atoms with E-state index in [2.05, 4.69) is 0 Å². The van der Waals surface area contributed by atoms with E-state index < -0.39 is 0 Å². The van der Waals surface area contributed by atoms with Gasteiger partial charge < -0.3 is 4.74 Å². The van der Waals surface area contributed by atoms with E-state index in [1.54, 1.807) is 13.0 Å². The number of esters is 1. The molecule has 0 N–H and O–H groups in total. The van der Waals surface area contributed by atoms with Crippen LogP contribution in [-0.4, -0.2) is 17.9 Å². The van der Waals surface area contributed by atoms with Crippen molar-refractivity contribution < 1.29 is 14.3 Å². The second kappa shape index (κ2) is 7.55. The molecular formula is C19H20O3. The number of ether oxygens (including phenoxy) is 1. The van der Waals surface area contributed by atoms with Gasteiger partial charge in [-0.2, -0.15) is 0 Å². The Bertz CT molecular complexity index is 647. The number of hydrogen-bond donors (Lipinski definition) is 0. The van der Waals surface area contributed by atoms with E-state index in [1.165, 1.54) is 0 Å². The van der Waals surface area contributed by atoms with Gasteiger partial charge in [-0.25, -0.2) is 0 Å². The summed E-state index contributed by atoms with van der Waals surface area (Å²) in [6, 6.07) is 16.9. The Morgan fingerprint density at radius 2 is 1.64 bits per heavy atom. The number of carbonyl (C=O) groups excluding carboxylic acids is 2. The fourth-order valence-electron chi connectivity index (χ4n) is 2.42. The zero-order chi connectivity index (χ0) is 15.9. The fraction of sp³-hybridized carbons (Fsp3) is 0.263. The van der Waals surface area contributed by atoms with E-state index in [4.69, 9.17) is 4.74 Å². The van der Waals surface area contributed by atoms with Crippen LogP contribution in [0, 0.1) is 0 Å². The lowest BCUT2D eigenvalue weighted by molar-refractivity contribution is -0.147. The van der Waals surface area contributed by atoms with E-state index in [0.717, 1.165) is 11.1 Å². The van der Waals surface area contributed by atoms with Crippen molar-refractivity contribution >= 4 is 11.8 Å². The zero-order valence-electron chi connectivity index (χ0n) is 12.9. The molecule has 0 aromatic heterocycles. The molecule has 0 bridgehead atoms. The molecule has 0 aliphatic heterocycles. The van der Waals surface area contributed by atoms with Gasteiger partial charge in [-0.3, -0.25) is 9.59 Å². The van der Waals surface area contributed by atoms with Crippen LogP contribution in [0.25, 0.3) is 0 Å². The zero-order valence-corrected chi connectivity index (χ0v) is 12.9. The van der Waals surface area contributed by atoms with Crippen LogP contribution in [-0.2, 0) is 22.4 Å². The summed E-state index contributed by atoms with van der Waals surface area (Å²) in [5, 5.41) is 0. The maximum absolute atomic E-state index is 11.9. The van der Waals surface area contributed by atoms with Gasteiger partial charge in [-0.05, 0) is 25.0 Å². The van der Waals surface area contributed by atoms with Crippen molar-refractivity contribution in [2.45, 2.75) is 32.8 Å². The molecule has 3 heteroatoms. The number of carbonyl (C=O) groups is 2. The molecule has 0 aliphatic carbocycles. The van der Waals surface area contributed by atoms with Crippen LogP contribution in [0.3, 0.4) is 0 Å². The molecule has 2 aromatic rings. The van der Waals surface area contributed by atoms with Gasteiger partial charge in [0, 0.05) is 12.0 Å². The molecule has 114 valence electrons. The van der Waals surface area contributed by atoms with Gasteiger partial charge in [-0.15, -0.1) is 0 Å². The summed E-state index contributed by atoms with van der Waals surface area (Å²) in [5.41, 5.74) is 2.53. The molecule has 0 spiro atoms. The van der Waals surface area contributed by atoms with Crippen molar-refractivity contribution in [3.63, 3.8) is 0 Å². The predicted octanol–water partition coefficient (Wildman–Crippen LogP) is 3.61. The molecule has 1 atom stereocenters. The molecule has 0 radical (unpaired) electrons. The molecular weight excluding hydrogens is 276 g/mol. The summed E-state index contributed by atoms with van der Waals surface area (Å²) in [4.78, 5) is 23.5. The molecule has 3 nitrogen and oxygen atoms in total. The van der Waals surface area contributed by atoms with Gasteiger partial charge in [0.2, 0.25) is 0 Å². The fourth-order valence-corrected chi connectivity index (χ4v) is 2.42. The molecule has 0 fully saturated rings. The maximum Gasteiger partial charge on any atom is 0.310 e. The van der Waals surface area contributed by atoms with Gasteiger partial charge in [0.15, 0.2) is 5.78 Å². The Labute approximate surface area is 130 Å². The second-order valence-corrected chi connectivity index (χ2v) is 5.38. The van der Waals surface area contributed by atoms with Crippen molar-refractivity contribution in [2.24, 2.45) is 0 Å². The molecule has 1 unspecified atom stereocenters. The van der Waals surface area contributed by atoms with Crippen molar-refractivity contribution in [3.05, 3.63) is 71.3 Å². The Kier molecular flexibility index (Phi) is 5.48. The predicted molar refractivity (Wildman–Crippen MR) is 85.9 cm³/mol. The third kappa shape index (κ3) is 4.55. The summed E-state index contributed by atoms with van der Waals surface area (Å²) in [6.07, 6.45) is 0.534. The first-order valence-electron chi connectivity index (χ1n) is 7.38. The van der Waals surface area contributed by atoms with E-state index in [1.807, 2.05) is 55.5 Å². The molecule has 0 heterocycles. The van der Waals surface area contributed by atoms with Crippen molar-refractivity contribution in [2.75, 3.05) is 0 Å². The van der Waals surface area contributed by atoms with Gasteiger partial charge in [-0.1, -0.05) is 54.6 Å². The molecule has 22 heavy (non-hydrogen) atoms. The summed E-state index contributed by atoms with van der Waals surface area (Å²) in [5.74, 6) is -0.225. The van der Waals surface area contributed by atoms with Crippen LogP contribution in [0.4, 0.5) is 0 Å². The Balaban J connectivity index is 1.94. The second-order valence-electron chi connectivity index (χ2n) is 5.38. The van der Waals surface area contributed by atoms with Crippen molar-refractivity contribution in [3.8, 4) is 0 Å².